The minimum atomic E-state index is -3.96. The number of amides is 1. The van der Waals surface area contributed by atoms with Crippen LogP contribution in [-0.4, -0.2) is 55.5 Å². The van der Waals surface area contributed by atoms with Gasteiger partial charge in [-0.05, 0) is 68.7 Å². The fourth-order valence-corrected chi connectivity index (χ4v) is 7.22. The second kappa shape index (κ2) is 10.1. The summed E-state index contributed by atoms with van der Waals surface area (Å²) in [7, 11) is -0.120. The highest BCUT2D eigenvalue weighted by Gasteiger charge is 2.34. The van der Waals surface area contributed by atoms with Crippen LogP contribution in [0.5, 0.6) is 0 Å². The number of fused-ring (bicyclic) bond motifs is 1. The summed E-state index contributed by atoms with van der Waals surface area (Å²) in [5.41, 5.74) is 0.700. The minimum Gasteiger partial charge on any atom is -0.308 e. The van der Waals surface area contributed by atoms with Gasteiger partial charge in [0.2, 0.25) is 5.91 Å². The maximum atomic E-state index is 15.3. The van der Waals surface area contributed by atoms with Gasteiger partial charge >= 0.3 is 0 Å². The van der Waals surface area contributed by atoms with E-state index >= 15 is 4.39 Å². The van der Waals surface area contributed by atoms with Gasteiger partial charge in [-0.15, -0.1) is 11.3 Å². The maximum absolute atomic E-state index is 15.3. The van der Waals surface area contributed by atoms with E-state index in [1.54, 1.807) is 53.4 Å². The summed E-state index contributed by atoms with van der Waals surface area (Å²) in [4.78, 5) is 20.9. The molecule has 12 heteroatoms. The molecule has 0 bridgehead atoms. The number of nitrogens with zero attached hydrogens (tertiary/aromatic N) is 4. The molecule has 37 heavy (non-hydrogen) atoms. The van der Waals surface area contributed by atoms with E-state index in [2.05, 4.69) is 9.71 Å². The fraction of sp³-hybridized carbons (Fsp3) is 0.280. The third-order valence-electron chi connectivity index (χ3n) is 6.13. The van der Waals surface area contributed by atoms with E-state index in [9.17, 15) is 13.2 Å². The summed E-state index contributed by atoms with van der Waals surface area (Å²) in [6.45, 7) is 0.876. The highest BCUT2D eigenvalue weighted by molar-refractivity contribution is 7.91. The number of nitrogens with one attached hydrogen (secondary N) is 1. The number of imidazole rings is 1. The quantitative estimate of drug-likeness (QED) is 0.361. The first-order chi connectivity index (χ1) is 17.6. The molecule has 1 unspecified atom stereocenters. The summed E-state index contributed by atoms with van der Waals surface area (Å²) in [6, 6.07) is 10.3. The van der Waals surface area contributed by atoms with Gasteiger partial charge in [-0.1, -0.05) is 11.6 Å². The van der Waals surface area contributed by atoms with Gasteiger partial charge in [-0.3, -0.25) is 4.79 Å². The van der Waals surface area contributed by atoms with E-state index < -0.39 is 27.8 Å². The first-order valence-electron chi connectivity index (χ1n) is 11.6. The lowest BCUT2D eigenvalue weighted by Crippen LogP contribution is -2.52. The molecule has 4 aromatic rings. The van der Waals surface area contributed by atoms with Gasteiger partial charge in [0.05, 0.1) is 12.2 Å². The predicted molar refractivity (Wildman–Crippen MR) is 143 cm³/mol. The number of aromatic nitrogens is 2. The average molecular weight is 562 g/mol. The molecular weight excluding hydrogens is 537 g/mol. The highest BCUT2D eigenvalue weighted by Crippen LogP contribution is 2.32. The van der Waals surface area contributed by atoms with Crippen molar-refractivity contribution in [2.75, 3.05) is 25.5 Å². The normalized spacial score (nSPS) is 16.7. The zero-order valence-electron chi connectivity index (χ0n) is 20.2. The van der Waals surface area contributed by atoms with Crippen molar-refractivity contribution in [3.8, 4) is 5.69 Å². The van der Waals surface area contributed by atoms with Crippen LogP contribution in [0.25, 0.3) is 15.8 Å². The van der Waals surface area contributed by atoms with E-state index in [0.29, 0.717) is 42.0 Å². The molecule has 1 aliphatic rings. The van der Waals surface area contributed by atoms with Crippen molar-refractivity contribution < 1.29 is 17.6 Å². The number of rotatable bonds is 7. The minimum absolute atomic E-state index is 0.0964. The maximum Gasteiger partial charge on any atom is 0.250 e. The molecule has 8 nitrogen and oxygen atoms in total. The Labute approximate surface area is 223 Å². The van der Waals surface area contributed by atoms with Gasteiger partial charge in [0.1, 0.15) is 21.9 Å². The lowest BCUT2D eigenvalue weighted by Gasteiger charge is -2.32. The molecule has 2 aromatic carbocycles. The van der Waals surface area contributed by atoms with Crippen LogP contribution in [-0.2, 0) is 21.4 Å². The zero-order chi connectivity index (χ0) is 26.3. The van der Waals surface area contributed by atoms with Crippen molar-refractivity contribution >= 4 is 54.6 Å². The Morgan fingerprint density at radius 2 is 2.03 bits per heavy atom. The van der Waals surface area contributed by atoms with Crippen molar-refractivity contribution in [1.82, 2.24) is 19.2 Å². The molecule has 1 aliphatic heterocycles. The van der Waals surface area contributed by atoms with Crippen LogP contribution in [0.4, 0.5) is 10.1 Å². The lowest BCUT2D eigenvalue weighted by molar-refractivity contribution is -0.121. The third-order valence-corrected chi connectivity index (χ3v) is 9.43. The van der Waals surface area contributed by atoms with Gasteiger partial charge in [0, 0.05) is 40.4 Å². The summed E-state index contributed by atoms with van der Waals surface area (Å²) < 4.78 is 46.7. The number of thiophene rings is 1. The Balaban J connectivity index is 1.36. The largest absolute Gasteiger partial charge is 0.308 e. The number of carbonyl (C=O) groups excluding carboxylic acids is 1. The molecule has 1 N–H and O–H groups in total. The van der Waals surface area contributed by atoms with Crippen molar-refractivity contribution in [3.63, 3.8) is 0 Å². The predicted octanol–water partition coefficient (Wildman–Crippen LogP) is 4.42. The van der Waals surface area contributed by atoms with Gasteiger partial charge in [-0.25, -0.2) is 17.8 Å². The van der Waals surface area contributed by atoms with E-state index in [-0.39, 0.29) is 9.90 Å². The summed E-state index contributed by atoms with van der Waals surface area (Å²) >= 11 is 7.13. The molecule has 2 aromatic heterocycles. The van der Waals surface area contributed by atoms with Crippen molar-refractivity contribution in [2.45, 2.75) is 29.6 Å². The molecule has 5 rings (SSSR count). The van der Waals surface area contributed by atoms with E-state index in [1.807, 2.05) is 19.0 Å². The zero-order valence-corrected chi connectivity index (χ0v) is 22.6. The lowest BCUT2D eigenvalue weighted by atomic mass is 10.0. The number of anilines is 1. The first-order valence-corrected chi connectivity index (χ1v) is 14.3. The molecule has 0 radical (unpaired) electrons. The van der Waals surface area contributed by atoms with Gasteiger partial charge in [0.15, 0.2) is 0 Å². The molecule has 0 saturated carbocycles. The number of hydrogen-bond donors (Lipinski definition) is 1. The Bertz CT molecular complexity index is 1580. The molecule has 0 aliphatic carbocycles. The Morgan fingerprint density at radius 1 is 1.22 bits per heavy atom. The summed E-state index contributed by atoms with van der Waals surface area (Å²) in [6.07, 6.45) is 4.26. The molecule has 1 saturated heterocycles. The third kappa shape index (κ3) is 5.27. The number of halogens is 2. The number of carbonyl (C=O) groups is 1. The van der Waals surface area contributed by atoms with Crippen LogP contribution >= 0.6 is 22.9 Å². The first kappa shape index (κ1) is 25.8. The molecule has 1 atom stereocenters. The summed E-state index contributed by atoms with van der Waals surface area (Å²) in [5, 5.41) is 1.22. The van der Waals surface area contributed by atoms with Crippen LogP contribution in [0.15, 0.2) is 59.1 Å². The number of sulfonamides is 1. The van der Waals surface area contributed by atoms with Crippen molar-refractivity contribution in [2.24, 2.45) is 0 Å². The van der Waals surface area contributed by atoms with Crippen LogP contribution in [0.2, 0.25) is 5.02 Å². The number of benzene rings is 2. The Hall–Kier alpha value is -2.83. The molecule has 1 fully saturated rings. The van der Waals surface area contributed by atoms with Gasteiger partial charge in [-0.2, -0.15) is 4.72 Å². The second-order valence-electron chi connectivity index (χ2n) is 9.14. The van der Waals surface area contributed by atoms with Crippen LogP contribution in [0.3, 0.4) is 0 Å². The Morgan fingerprint density at radius 3 is 2.78 bits per heavy atom. The monoisotopic (exact) mass is 561 g/mol. The van der Waals surface area contributed by atoms with Gasteiger partial charge in [0.25, 0.3) is 10.0 Å². The standard InChI is InChI=1S/C25H25ClFN5O3S2/c1-30(2)15-23-28-9-11-31(23)18-6-7-21(19(27)14-18)32-10-3-4-20(25(32)33)29-37(34,35)24-13-16-12-17(26)5-8-22(16)36-24/h5-9,11-14,20,29H,3-4,10,15H2,1-2H3. The number of hydrogen-bond acceptors (Lipinski definition) is 6. The van der Waals surface area contributed by atoms with E-state index in [1.165, 1.54) is 11.0 Å². The molecule has 194 valence electrons. The topological polar surface area (TPSA) is 87.5 Å². The van der Waals surface area contributed by atoms with E-state index in [4.69, 9.17) is 11.6 Å². The molecule has 3 heterocycles. The van der Waals surface area contributed by atoms with Gasteiger partial charge < -0.3 is 14.4 Å². The van der Waals surface area contributed by atoms with Crippen LogP contribution < -0.4 is 9.62 Å². The SMILES string of the molecule is CN(C)Cc1nccn1-c1ccc(N2CCCC(NS(=O)(=O)c3cc4cc(Cl)ccc4s3)C2=O)c(F)c1. The Kier molecular flexibility index (Phi) is 7.08. The fourth-order valence-electron chi connectivity index (χ4n) is 4.43. The highest BCUT2D eigenvalue weighted by atomic mass is 35.5. The molecule has 1 amide bonds. The van der Waals surface area contributed by atoms with E-state index in [0.717, 1.165) is 21.9 Å². The second-order valence-corrected chi connectivity index (χ2v) is 12.6. The molecule has 0 spiro atoms. The average Bonchev–Trinajstić information content (AvgIpc) is 3.47. The molecular formula is C25H25ClFN5O3S2. The number of piperidine rings is 1. The van der Waals surface area contributed by atoms with Crippen LogP contribution in [0, 0.1) is 5.82 Å². The van der Waals surface area contributed by atoms with Crippen molar-refractivity contribution in [1.29, 1.82) is 0 Å². The summed E-state index contributed by atoms with van der Waals surface area (Å²) in [5.74, 6) is -0.300. The smallest absolute Gasteiger partial charge is 0.250 e. The van der Waals surface area contributed by atoms with Crippen molar-refractivity contribution in [3.05, 3.63) is 71.5 Å². The van der Waals surface area contributed by atoms with Crippen LogP contribution in [0.1, 0.15) is 18.7 Å².